The van der Waals surface area contributed by atoms with Crippen LogP contribution in [-0.4, -0.2) is 24.7 Å². The molecule has 9 heteroatoms. The fourth-order valence-electron chi connectivity index (χ4n) is 2.00. The van der Waals surface area contributed by atoms with Crippen LogP contribution >= 0.6 is 11.6 Å². The molecule has 0 atom stereocenters. The fourth-order valence-corrected chi connectivity index (χ4v) is 3.52. The van der Waals surface area contributed by atoms with E-state index in [1.165, 1.54) is 38.1 Å². The Hall–Kier alpha value is -1.80. The number of anilines is 1. The standard InChI is InChI=1S/C16H16ClF3N2O2S/c1-15(2,25(23,24)13-6-4-12(17)5-7-13)10-22-14-8-3-11(9-21-14)16(18,19)20/h3-9H,10H2,1-2H3,(H,21,22). The Morgan fingerprint density at radius 3 is 2.16 bits per heavy atom. The van der Waals surface area contributed by atoms with Crippen LogP contribution in [0.4, 0.5) is 19.0 Å². The van der Waals surface area contributed by atoms with E-state index in [-0.39, 0.29) is 17.3 Å². The molecule has 0 aliphatic heterocycles. The monoisotopic (exact) mass is 392 g/mol. The highest BCUT2D eigenvalue weighted by Gasteiger charge is 2.36. The number of alkyl halides is 3. The molecule has 2 rings (SSSR count). The second kappa shape index (κ2) is 6.84. The van der Waals surface area contributed by atoms with Gasteiger partial charge in [0.05, 0.1) is 15.2 Å². The molecule has 0 saturated heterocycles. The van der Waals surface area contributed by atoms with Crippen LogP contribution in [0.1, 0.15) is 19.4 Å². The van der Waals surface area contributed by atoms with E-state index in [1.807, 2.05) is 0 Å². The topological polar surface area (TPSA) is 59.1 Å². The first-order valence-electron chi connectivity index (χ1n) is 7.21. The summed E-state index contributed by atoms with van der Waals surface area (Å²) in [5.74, 6) is 0.160. The molecule has 1 heterocycles. The molecule has 1 N–H and O–H groups in total. The van der Waals surface area contributed by atoms with Gasteiger partial charge in [-0.1, -0.05) is 11.6 Å². The van der Waals surface area contributed by atoms with Gasteiger partial charge < -0.3 is 5.32 Å². The number of nitrogens with one attached hydrogen (secondary N) is 1. The van der Waals surface area contributed by atoms with Gasteiger partial charge in [-0.3, -0.25) is 0 Å². The third-order valence-corrected chi connectivity index (χ3v) is 6.38. The predicted octanol–water partition coefficient (Wildman–Crippen LogP) is 4.42. The Kier molecular flexibility index (Phi) is 5.34. The van der Waals surface area contributed by atoms with Crippen molar-refractivity contribution in [2.45, 2.75) is 29.7 Å². The molecule has 0 radical (unpaired) electrons. The van der Waals surface area contributed by atoms with Gasteiger partial charge in [-0.05, 0) is 50.2 Å². The van der Waals surface area contributed by atoms with Gasteiger partial charge in [0.1, 0.15) is 5.82 Å². The first-order chi connectivity index (χ1) is 11.4. The molecule has 136 valence electrons. The van der Waals surface area contributed by atoms with Gasteiger partial charge in [-0.2, -0.15) is 13.2 Å². The van der Waals surface area contributed by atoms with E-state index in [0.717, 1.165) is 12.1 Å². The van der Waals surface area contributed by atoms with Gasteiger partial charge in [0.25, 0.3) is 0 Å². The number of hydrogen-bond acceptors (Lipinski definition) is 4. The number of nitrogens with zero attached hydrogens (tertiary/aromatic N) is 1. The third kappa shape index (κ3) is 4.43. The molecule has 25 heavy (non-hydrogen) atoms. The van der Waals surface area contributed by atoms with Crippen LogP contribution < -0.4 is 5.32 Å². The Balaban J connectivity index is 2.14. The zero-order valence-corrected chi connectivity index (χ0v) is 15.0. The van der Waals surface area contributed by atoms with Crippen LogP contribution in [0.3, 0.4) is 0 Å². The molecular weight excluding hydrogens is 377 g/mol. The van der Waals surface area contributed by atoms with Crippen molar-refractivity contribution < 1.29 is 21.6 Å². The summed E-state index contributed by atoms with van der Waals surface area (Å²) in [4.78, 5) is 3.79. The van der Waals surface area contributed by atoms with Crippen molar-refractivity contribution in [3.8, 4) is 0 Å². The Bertz CT molecular complexity index is 833. The molecule has 2 aromatic rings. The molecular formula is C16H16ClF3N2O2S. The molecule has 0 aliphatic carbocycles. The largest absolute Gasteiger partial charge is 0.417 e. The van der Waals surface area contributed by atoms with Crippen molar-refractivity contribution in [2.75, 3.05) is 11.9 Å². The maximum Gasteiger partial charge on any atom is 0.417 e. The van der Waals surface area contributed by atoms with Crippen LogP contribution in [0.25, 0.3) is 0 Å². The third-order valence-electron chi connectivity index (χ3n) is 3.64. The number of aromatic nitrogens is 1. The lowest BCUT2D eigenvalue weighted by Gasteiger charge is -2.25. The number of pyridine rings is 1. The van der Waals surface area contributed by atoms with E-state index in [1.54, 1.807) is 0 Å². The molecule has 0 spiro atoms. The lowest BCUT2D eigenvalue weighted by atomic mass is 10.2. The summed E-state index contributed by atoms with van der Waals surface area (Å²) in [5.41, 5.74) is -0.869. The van der Waals surface area contributed by atoms with Gasteiger partial charge >= 0.3 is 6.18 Å². The van der Waals surface area contributed by atoms with Crippen LogP contribution in [0, 0.1) is 0 Å². The van der Waals surface area contributed by atoms with Gasteiger partial charge in [0, 0.05) is 17.8 Å². The average Bonchev–Trinajstić information content (AvgIpc) is 2.53. The summed E-state index contributed by atoms with van der Waals surface area (Å²) in [6.45, 7) is 3.01. The first kappa shape index (κ1) is 19.5. The molecule has 0 amide bonds. The van der Waals surface area contributed by atoms with E-state index in [4.69, 9.17) is 11.6 Å². The molecule has 1 aromatic carbocycles. The minimum atomic E-state index is -4.47. The quantitative estimate of drug-likeness (QED) is 0.818. The summed E-state index contributed by atoms with van der Waals surface area (Å²) in [7, 11) is -3.69. The van der Waals surface area contributed by atoms with Crippen molar-refractivity contribution in [3.63, 3.8) is 0 Å². The van der Waals surface area contributed by atoms with E-state index < -0.39 is 26.3 Å². The minimum Gasteiger partial charge on any atom is -0.368 e. The number of sulfone groups is 1. The second-order valence-corrected chi connectivity index (χ2v) is 9.02. The van der Waals surface area contributed by atoms with E-state index >= 15 is 0 Å². The van der Waals surface area contributed by atoms with Gasteiger partial charge in [0.15, 0.2) is 9.84 Å². The van der Waals surface area contributed by atoms with Gasteiger partial charge in [0.2, 0.25) is 0 Å². The molecule has 4 nitrogen and oxygen atoms in total. The van der Waals surface area contributed by atoms with Crippen molar-refractivity contribution in [2.24, 2.45) is 0 Å². The van der Waals surface area contributed by atoms with Crippen molar-refractivity contribution in [1.29, 1.82) is 0 Å². The predicted molar refractivity (Wildman–Crippen MR) is 90.4 cm³/mol. The zero-order valence-electron chi connectivity index (χ0n) is 13.4. The SMILES string of the molecule is CC(C)(CNc1ccc(C(F)(F)F)cn1)S(=O)(=O)c1ccc(Cl)cc1. The molecule has 1 aromatic heterocycles. The highest BCUT2D eigenvalue weighted by molar-refractivity contribution is 7.92. The number of halogens is 4. The van der Waals surface area contributed by atoms with Crippen LogP contribution in [-0.2, 0) is 16.0 Å². The van der Waals surface area contributed by atoms with Gasteiger partial charge in [-0.25, -0.2) is 13.4 Å². The van der Waals surface area contributed by atoms with Crippen LogP contribution in [0.15, 0.2) is 47.5 Å². The minimum absolute atomic E-state index is 0.0314. The van der Waals surface area contributed by atoms with Gasteiger partial charge in [-0.15, -0.1) is 0 Å². The smallest absolute Gasteiger partial charge is 0.368 e. The number of benzene rings is 1. The van der Waals surface area contributed by atoms with Crippen LogP contribution in [0.2, 0.25) is 5.02 Å². The summed E-state index contributed by atoms with van der Waals surface area (Å²) < 4.78 is 61.8. The molecule has 0 unspecified atom stereocenters. The highest BCUT2D eigenvalue weighted by Crippen LogP contribution is 2.30. The van der Waals surface area contributed by atoms with E-state index in [9.17, 15) is 21.6 Å². The lowest BCUT2D eigenvalue weighted by Crippen LogP contribution is -2.39. The lowest BCUT2D eigenvalue weighted by molar-refractivity contribution is -0.137. The zero-order chi connectivity index (χ0) is 18.9. The summed E-state index contributed by atoms with van der Waals surface area (Å²) in [5, 5.41) is 3.19. The number of hydrogen-bond donors (Lipinski definition) is 1. The summed E-state index contributed by atoms with van der Waals surface area (Å²) >= 11 is 5.77. The fraction of sp³-hybridized carbons (Fsp3) is 0.312. The maximum absolute atomic E-state index is 12.7. The summed E-state index contributed by atoms with van der Waals surface area (Å²) in [6, 6.07) is 7.83. The second-order valence-electron chi connectivity index (χ2n) is 6.00. The van der Waals surface area contributed by atoms with Crippen LogP contribution in [0.5, 0.6) is 0 Å². The Morgan fingerprint density at radius 1 is 1.08 bits per heavy atom. The maximum atomic E-state index is 12.7. The summed E-state index contributed by atoms with van der Waals surface area (Å²) in [6.07, 6.45) is -3.77. The normalized spacial score (nSPS) is 12.9. The van der Waals surface area contributed by atoms with Crippen molar-refractivity contribution >= 4 is 27.3 Å². The Morgan fingerprint density at radius 2 is 1.68 bits per heavy atom. The average molecular weight is 393 g/mol. The Labute approximate surface area is 149 Å². The number of rotatable bonds is 5. The van der Waals surface area contributed by atoms with Crippen molar-refractivity contribution in [1.82, 2.24) is 4.98 Å². The molecule has 0 aliphatic rings. The molecule has 0 saturated carbocycles. The van der Waals surface area contributed by atoms with E-state index in [2.05, 4.69) is 10.3 Å². The van der Waals surface area contributed by atoms with Crippen molar-refractivity contribution in [3.05, 3.63) is 53.2 Å². The molecule has 0 bridgehead atoms. The van der Waals surface area contributed by atoms with E-state index in [0.29, 0.717) is 11.2 Å². The highest BCUT2D eigenvalue weighted by atomic mass is 35.5. The first-order valence-corrected chi connectivity index (χ1v) is 9.07. The molecule has 0 fully saturated rings.